The van der Waals surface area contributed by atoms with Gasteiger partial charge in [0.15, 0.2) is 0 Å². The molecular formula is C18H33NO3. The molecule has 0 bridgehead atoms. The molecule has 2 aliphatic rings. The first-order chi connectivity index (χ1) is 10.3. The van der Waals surface area contributed by atoms with Crippen LogP contribution in [0.2, 0.25) is 0 Å². The zero-order valence-electron chi connectivity index (χ0n) is 14.9. The lowest BCUT2D eigenvalue weighted by Gasteiger charge is -2.38. The fourth-order valence-corrected chi connectivity index (χ4v) is 3.46. The summed E-state index contributed by atoms with van der Waals surface area (Å²) < 4.78 is 12.1. The van der Waals surface area contributed by atoms with Crippen LogP contribution in [0.15, 0.2) is 11.8 Å². The molecule has 0 saturated carbocycles. The van der Waals surface area contributed by atoms with E-state index in [2.05, 4.69) is 39.5 Å². The molecule has 1 spiro atoms. The van der Waals surface area contributed by atoms with Crippen LogP contribution in [0.1, 0.15) is 53.9 Å². The first-order valence-electron chi connectivity index (χ1n) is 8.76. The summed E-state index contributed by atoms with van der Waals surface area (Å²) >= 11 is 0. The molecule has 0 radical (unpaired) electrons. The molecule has 3 unspecified atom stereocenters. The summed E-state index contributed by atoms with van der Waals surface area (Å²) in [6.45, 7) is 14.5. The highest BCUT2D eigenvalue weighted by Crippen LogP contribution is 2.44. The molecule has 0 aromatic heterocycles. The molecule has 1 aliphatic carbocycles. The van der Waals surface area contributed by atoms with Crippen molar-refractivity contribution < 1.29 is 14.6 Å². The Bertz CT molecular complexity index is 402. The number of ether oxygens (including phenoxy) is 2. The number of hydrogen-bond donors (Lipinski definition) is 1. The van der Waals surface area contributed by atoms with E-state index in [4.69, 9.17) is 9.47 Å². The van der Waals surface area contributed by atoms with Crippen LogP contribution in [-0.4, -0.2) is 48.1 Å². The largest absolute Gasteiger partial charge is 0.507 e. The van der Waals surface area contributed by atoms with Crippen LogP contribution >= 0.6 is 0 Å². The van der Waals surface area contributed by atoms with E-state index in [-0.39, 0.29) is 17.3 Å². The summed E-state index contributed by atoms with van der Waals surface area (Å²) in [5.74, 6) is -0.228. The summed E-state index contributed by atoms with van der Waals surface area (Å²) in [5, 5.41) is 10.5. The highest BCUT2D eigenvalue weighted by Gasteiger charge is 2.48. The molecule has 1 saturated heterocycles. The predicted octanol–water partition coefficient (Wildman–Crippen LogP) is 3.73. The molecule has 22 heavy (non-hydrogen) atoms. The molecule has 0 aromatic carbocycles. The van der Waals surface area contributed by atoms with Crippen molar-refractivity contribution in [1.29, 1.82) is 0 Å². The number of allylic oxidation sites excluding steroid dienone is 1. The van der Waals surface area contributed by atoms with Crippen LogP contribution in [0.5, 0.6) is 0 Å². The number of aliphatic hydroxyl groups is 1. The minimum absolute atomic E-state index is 0.0493. The van der Waals surface area contributed by atoms with Crippen LogP contribution in [0, 0.1) is 11.3 Å². The topological polar surface area (TPSA) is 41.9 Å². The van der Waals surface area contributed by atoms with Gasteiger partial charge in [0.2, 0.25) is 5.79 Å². The van der Waals surface area contributed by atoms with Gasteiger partial charge in [-0.2, -0.15) is 0 Å². The van der Waals surface area contributed by atoms with Gasteiger partial charge < -0.3 is 19.5 Å². The van der Waals surface area contributed by atoms with Crippen LogP contribution < -0.4 is 0 Å². The third-order valence-corrected chi connectivity index (χ3v) is 4.95. The van der Waals surface area contributed by atoms with Crippen LogP contribution in [-0.2, 0) is 9.47 Å². The Balaban J connectivity index is 2.00. The van der Waals surface area contributed by atoms with Gasteiger partial charge in [0.1, 0.15) is 5.76 Å². The molecule has 1 N–H and O–H groups in total. The van der Waals surface area contributed by atoms with Gasteiger partial charge in [0, 0.05) is 13.0 Å². The van der Waals surface area contributed by atoms with Crippen molar-refractivity contribution in [2.45, 2.75) is 65.8 Å². The monoisotopic (exact) mass is 311 g/mol. The second-order valence-electron chi connectivity index (χ2n) is 7.76. The van der Waals surface area contributed by atoms with Crippen molar-refractivity contribution in [3.63, 3.8) is 0 Å². The summed E-state index contributed by atoms with van der Waals surface area (Å²) in [6, 6.07) is 0. The lowest BCUT2D eigenvalue weighted by molar-refractivity contribution is -0.174. The first kappa shape index (κ1) is 17.8. The predicted molar refractivity (Wildman–Crippen MR) is 88.9 cm³/mol. The van der Waals surface area contributed by atoms with Crippen molar-refractivity contribution in [1.82, 2.24) is 4.90 Å². The standard InChI is InChI=1S/C18H33NO3/c1-6-10-19(7-2)12-15-13-21-18(22-15)9-8-14(11-16(18)20)17(3,4)5/h11,14-15,20H,6-10,12-13H2,1-5H3. The molecule has 2 rings (SSSR count). The van der Waals surface area contributed by atoms with E-state index in [0.717, 1.165) is 38.9 Å². The lowest BCUT2D eigenvalue weighted by atomic mass is 9.74. The van der Waals surface area contributed by atoms with E-state index in [1.807, 2.05) is 6.08 Å². The summed E-state index contributed by atoms with van der Waals surface area (Å²) in [7, 11) is 0. The molecule has 0 aromatic rings. The molecule has 1 aliphatic heterocycles. The molecule has 1 fully saturated rings. The molecule has 128 valence electrons. The van der Waals surface area contributed by atoms with Crippen LogP contribution in [0.25, 0.3) is 0 Å². The van der Waals surface area contributed by atoms with Crippen molar-refractivity contribution in [2.24, 2.45) is 11.3 Å². The van der Waals surface area contributed by atoms with Gasteiger partial charge in [-0.15, -0.1) is 0 Å². The third-order valence-electron chi connectivity index (χ3n) is 4.95. The normalized spacial score (nSPS) is 32.7. The van der Waals surface area contributed by atoms with Crippen molar-refractivity contribution in [2.75, 3.05) is 26.2 Å². The third kappa shape index (κ3) is 3.84. The van der Waals surface area contributed by atoms with Gasteiger partial charge >= 0.3 is 0 Å². The average Bonchev–Trinajstić information content (AvgIpc) is 2.84. The van der Waals surface area contributed by atoms with Gasteiger partial charge in [0.25, 0.3) is 0 Å². The van der Waals surface area contributed by atoms with Crippen molar-refractivity contribution in [3.05, 3.63) is 11.8 Å². The van der Waals surface area contributed by atoms with Gasteiger partial charge in [-0.3, -0.25) is 0 Å². The van der Waals surface area contributed by atoms with Crippen molar-refractivity contribution >= 4 is 0 Å². The Hall–Kier alpha value is -0.580. The minimum Gasteiger partial charge on any atom is -0.507 e. The molecule has 0 amide bonds. The van der Waals surface area contributed by atoms with E-state index in [9.17, 15) is 5.11 Å². The maximum absolute atomic E-state index is 10.5. The Labute approximate surface area is 135 Å². The number of rotatable bonds is 5. The molecule has 3 atom stereocenters. The van der Waals surface area contributed by atoms with E-state index in [1.54, 1.807) is 0 Å². The number of hydrogen-bond acceptors (Lipinski definition) is 4. The van der Waals surface area contributed by atoms with E-state index < -0.39 is 5.79 Å². The zero-order valence-corrected chi connectivity index (χ0v) is 14.9. The summed E-state index contributed by atoms with van der Waals surface area (Å²) in [6.07, 6.45) is 4.88. The molecule has 1 heterocycles. The van der Waals surface area contributed by atoms with Gasteiger partial charge in [0.05, 0.1) is 12.7 Å². The van der Waals surface area contributed by atoms with Crippen LogP contribution in [0.3, 0.4) is 0 Å². The highest BCUT2D eigenvalue weighted by atomic mass is 16.8. The molecule has 4 heteroatoms. The Morgan fingerprint density at radius 3 is 2.64 bits per heavy atom. The highest BCUT2D eigenvalue weighted by molar-refractivity contribution is 5.14. The summed E-state index contributed by atoms with van der Waals surface area (Å²) in [5.41, 5.74) is 0.160. The van der Waals surface area contributed by atoms with Crippen molar-refractivity contribution in [3.8, 4) is 0 Å². The van der Waals surface area contributed by atoms with Crippen LogP contribution in [0.4, 0.5) is 0 Å². The second-order valence-corrected chi connectivity index (χ2v) is 7.76. The average molecular weight is 311 g/mol. The van der Waals surface area contributed by atoms with E-state index in [1.165, 1.54) is 0 Å². The quantitative estimate of drug-likeness (QED) is 0.840. The zero-order chi connectivity index (χ0) is 16.4. The fraction of sp³-hybridized carbons (Fsp3) is 0.889. The summed E-state index contributed by atoms with van der Waals surface area (Å²) in [4.78, 5) is 2.38. The Morgan fingerprint density at radius 1 is 1.36 bits per heavy atom. The van der Waals surface area contributed by atoms with E-state index in [0.29, 0.717) is 12.5 Å². The van der Waals surface area contributed by atoms with Gasteiger partial charge in [-0.05, 0) is 43.3 Å². The van der Waals surface area contributed by atoms with Gasteiger partial charge in [-0.1, -0.05) is 34.6 Å². The minimum atomic E-state index is -0.877. The number of nitrogens with zero attached hydrogens (tertiary/aromatic N) is 1. The number of likely N-dealkylation sites (N-methyl/N-ethyl adjacent to an activating group) is 1. The second kappa shape index (κ2) is 6.90. The lowest BCUT2D eigenvalue weighted by Crippen LogP contribution is -2.41. The van der Waals surface area contributed by atoms with Gasteiger partial charge in [-0.25, -0.2) is 0 Å². The Morgan fingerprint density at radius 2 is 2.09 bits per heavy atom. The maximum Gasteiger partial charge on any atom is 0.227 e. The smallest absolute Gasteiger partial charge is 0.227 e. The fourth-order valence-electron chi connectivity index (χ4n) is 3.46. The van der Waals surface area contributed by atoms with E-state index >= 15 is 0 Å². The first-order valence-corrected chi connectivity index (χ1v) is 8.76. The maximum atomic E-state index is 10.5. The molecular weight excluding hydrogens is 278 g/mol. The Kier molecular flexibility index (Phi) is 5.57. The number of aliphatic hydroxyl groups excluding tert-OH is 1. The SMILES string of the molecule is CCCN(CC)CC1COC2(CCC(C(C)(C)C)C=C2O)O1. The molecule has 4 nitrogen and oxygen atoms in total.